The van der Waals surface area contributed by atoms with Crippen molar-refractivity contribution in [2.45, 2.75) is 0 Å². The molecule has 3 heterocycles. The Kier molecular flexibility index (Phi) is 6.90. The molecule has 3 amide bonds. The molecular weight excluding hydrogens is 522 g/mol. The van der Waals surface area contributed by atoms with Crippen molar-refractivity contribution in [3.05, 3.63) is 89.3 Å². The molecule has 2 aliphatic rings. The van der Waals surface area contributed by atoms with Crippen molar-refractivity contribution in [3.63, 3.8) is 0 Å². The maximum atomic E-state index is 13.1. The number of piperazine rings is 1. The normalized spacial score (nSPS) is 16.0. The molecular formula is C31H29N5O5. The summed E-state index contributed by atoms with van der Waals surface area (Å²) in [7, 11) is 3.65. The second kappa shape index (κ2) is 10.8. The number of methoxy groups -OCH3 is 1. The van der Waals surface area contributed by atoms with Crippen LogP contribution in [-0.2, 0) is 0 Å². The molecule has 10 nitrogen and oxygen atoms in total. The number of H-pyrrole nitrogens is 1. The third-order valence-electron chi connectivity index (χ3n) is 7.31. The molecule has 3 aromatic carbocycles. The van der Waals surface area contributed by atoms with Gasteiger partial charge in [0.05, 0.1) is 12.7 Å². The smallest absolute Gasteiger partial charge is 0.323 e. The summed E-state index contributed by atoms with van der Waals surface area (Å²) >= 11 is 0. The lowest BCUT2D eigenvalue weighted by atomic mass is 10.1. The molecule has 208 valence electrons. The van der Waals surface area contributed by atoms with Crippen molar-refractivity contribution in [2.75, 3.05) is 51.0 Å². The second-order valence-corrected chi connectivity index (χ2v) is 10.1. The number of benzene rings is 3. The number of aromatic nitrogens is 1. The van der Waals surface area contributed by atoms with Crippen molar-refractivity contribution in [3.8, 4) is 11.5 Å². The van der Waals surface area contributed by atoms with Crippen LogP contribution in [0.1, 0.15) is 26.3 Å². The predicted molar refractivity (Wildman–Crippen MR) is 157 cm³/mol. The number of aromatic amines is 1. The number of fused-ring (bicyclic) bond motifs is 2. The summed E-state index contributed by atoms with van der Waals surface area (Å²) in [5.41, 5.74) is 3.63. The maximum Gasteiger partial charge on any atom is 0.323 e. The third-order valence-corrected chi connectivity index (χ3v) is 7.31. The monoisotopic (exact) mass is 551 g/mol. The molecule has 4 aromatic rings. The largest absolute Gasteiger partial charge is 0.497 e. The number of allylic oxidation sites excluding steroid dienone is 1. The van der Waals surface area contributed by atoms with E-state index in [4.69, 9.17) is 9.47 Å². The molecule has 6 rings (SSSR count). The highest BCUT2D eigenvalue weighted by molar-refractivity contribution is 6.16. The number of rotatable bonds is 5. The summed E-state index contributed by atoms with van der Waals surface area (Å²) in [6.45, 7) is 3.09. The average Bonchev–Trinajstić information content (AvgIpc) is 3.53. The first-order valence-electron chi connectivity index (χ1n) is 13.3. The Labute approximate surface area is 236 Å². The molecule has 1 aromatic heterocycles. The van der Waals surface area contributed by atoms with Gasteiger partial charge >= 0.3 is 6.03 Å². The number of urea groups is 1. The van der Waals surface area contributed by atoms with E-state index in [2.05, 4.69) is 20.5 Å². The molecule has 0 aliphatic carbocycles. The van der Waals surface area contributed by atoms with E-state index in [0.717, 1.165) is 29.6 Å². The number of ether oxygens (including phenoxy) is 2. The summed E-state index contributed by atoms with van der Waals surface area (Å²) < 4.78 is 11.2. The zero-order valence-corrected chi connectivity index (χ0v) is 22.7. The van der Waals surface area contributed by atoms with Gasteiger partial charge in [-0.3, -0.25) is 9.59 Å². The van der Waals surface area contributed by atoms with Crippen LogP contribution in [0.5, 0.6) is 11.5 Å². The number of hydrogen-bond donors (Lipinski definition) is 3. The van der Waals surface area contributed by atoms with Gasteiger partial charge in [0, 0.05) is 65.8 Å². The van der Waals surface area contributed by atoms with Crippen molar-refractivity contribution in [1.82, 2.24) is 14.8 Å². The van der Waals surface area contributed by atoms with Gasteiger partial charge in [0.25, 0.3) is 5.91 Å². The minimum atomic E-state index is -0.474. The maximum absolute atomic E-state index is 13.1. The lowest BCUT2D eigenvalue weighted by molar-refractivity contribution is 0.0664. The Morgan fingerprint density at radius 1 is 0.951 bits per heavy atom. The van der Waals surface area contributed by atoms with E-state index in [1.807, 2.05) is 36.3 Å². The molecule has 41 heavy (non-hydrogen) atoms. The van der Waals surface area contributed by atoms with Gasteiger partial charge in [-0.25, -0.2) is 4.79 Å². The van der Waals surface area contributed by atoms with Crippen LogP contribution in [-0.4, -0.2) is 72.8 Å². The van der Waals surface area contributed by atoms with E-state index in [1.54, 1.807) is 55.7 Å². The molecule has 2 aliphatic heterocycles. The summed E-state index contributed by atoms with van der Waals surface area (Å²) in [6.07, 6.45) is 3.50. The average molecular weight is 552 g/mol. The van der Waals surface area contributed by atoms with Crippen LogP contribution >= 0.6 is 0 Å². The van der Waals surface area contributed by atoms with E-state index in [-0.39, 0.29) is 17.4 Å². The second-order valence-electron chi connectivity index (χ2n) is 10.1. The molecule has 0 spiro atoms. The lowest BCUT2D eigenvalue weighted by Gasteiger charge is -2.32. The van der Waals surface area contributed by atoms with Gasteiger partial charge in [0.15, 0.2) is 5.76 Å². The predicted octanol–water partition coefficient (Wildman–Crippen LogP) is 4.82. The quantitative estimate of drug-likeness (QED) is 0.306. The van der Waals surface area contributed by atoms with Gasteiger partial charge in [-0.2, -0.15) is 0 Å². The zero-order chi connectivity index (χ0) is 28.5. The Balaban J connectivity index is 1.10. The van der Waals surface area contributed by atoms with Crippen molar-refractivity contribution >= 4 is 46.1 Å². The van der Waals surface area contributed by atoms with Crippen LogP contribution in [0.25, 0.3) is 17.0 Å². The summed E-state index contributed by atoms with van der Waals surface area (Å²) in [5, 5.41) is 6.42. The summed E-state index contributed by atoms with van der Waals surface area (Å²) in [6, 6.07) is 16.9. The number of nitrogens with zero attached hydrogens (tertiary/aromatic N) is 2. The molecule has 3 N–H and O–H groups in total. The van der Waals surface area contributed by atoms with E-state index >= 15 is 0 Å². The Morgan fingerprint density at radius 3 is 2.44 bits per heavy atom. The molecule has 0 unspecified atom stereocenters. The number of carbonyl (C=O) groups excluding carboxylic acids is 3. The van der Waals surface area contributed by atoms with Crippen LogP contribution < -0.4 is 20.1 Å². The molecule has 0 atom stereocenters. The third kappa shape index (κ3) is 5.37. The van der Waals surface area contributed by atoms with Gasteiger partial charge < -0.3 is 34.9 Å². The van der Waals surface area contributed by atoms with Gasteiger partial charge in [0.2, 0.25) is 5.78 Å². The number of anilines is 2. The first-order chi connectivity index (χ1) is 19.9. The number of ketones is 1. The Morgan fingerprint density at radius 2 is 1.68 bits per heavy atom. The van der Waals surface area contributed by atoms with Crippen molar-refractivity contribution in [2.24, 2.45) is 0 Å². The van der Waals surface area contributed by atoms with Crippen LogP contribution in [0, 0.1) is 0 Å². The van der Waals surface area contributed by atoms with Crippen LogP contribution in [0.2, 0.25) is 0 Å². The number of hydrogen-bond acceptors (Lipinski definition) is 6. The Hall–Kier alpha value is -5.09. The molecule has 0 radical (unpaired) electrons. The van der Waals surface area contributed by atoms with E-state index in [1.165, 1.54) is 0 Å². The van der Waals surface area contributed by atoms with Crippen molar-refractivity contribution < 1.29 is 23.9 Å². The first kappa shape index (κ1) is 26.1. The SMILES string of the molecule is COc1ccc2[nH]cc(/C=C3/Oc4ccc(NC(=O)Nc5ccc(C(=O)N6CCN(C)CC6)cc5)cc4C3=O)c2c1. The molecule has 0 saturated carbocycles. The summed E-state index contributed by atoms with van der Waals surface area (Å²) in [4.78, 5) is 45.8. The number of nitrogens with one attached hydrogen (secondary N) is 3. The number of Topliss-reactive ketones (excluding diaryl/α,β-unsaturated/α-hetero) is 1. The minimum Gasteiger partial charge on any atom is -0.497 e. The first-order valence-corrected chi connectivity index (χ1v) is 13.3. The van der Waals surface area contributed by atoms with Crippen LogP contribution in [0.15, 0.2) is 72.6 Å². The van der Waals surface area contributed by atoms with Gasteiger partial charge in [0.1, 0.15) is 11.5 Å². The van der Waals surface area contributed by atoms with Gasteiger partial charge in [-0.1, -0.05) is 0 Å². The molecule has 1 fully saturated rings. The van der Waals surface area contributed by atoms with Gasteiger partial charge in [-0.15, -0.1) is 0 Å². The number of amides is 3. The number of likely N-dealkylation sites (N-methyl/N-ethyl adjacent to an activating group) is 1. The van der Waals surface area contributed by atoms with Crippen molar-refractivity contribution in [1.29, 1.82) is 0 Å². The zero-order valence-electron chi connectivity index (χ0n) is 22.7. The highest BCUT2D eigenvalue weighted by Crippen LogP contribution is 2.35. The van der Waals surface area contributed by atoms with Gasteiger partial charge in [-0.05, 0) is 73.8 Å². The number of carbonyl (C=O) groups is 3. The molecule has 10 heteroatoms. The molecule has 1 saturated heterocycles. The highest BCUT2D eigenvalue weighted by atomic mass is 16.5. The van der Waals surface area contributed by atoms with Crippen LogP contribution in [0.4, 0.5) is 16.2 Å². The highest BCUT2D eigenvalue weighted by Gasteiger charge is 2.28. The van der Waals surface area contributed by atoms with E-state index in [0.29, 0.717) is 47.1 Å². The fourth-order valence-electron chi connectivity index (χ4n) is 4.96. The lowest BCUT2D eigenvalue weighted by Crippen LogP contribution is -2.47. The van der Waals surface area contributed by atoms with Crippen LogP contribution in [0.3, 0.4) is 0 Å². The van der Waals surface area contributed by atoms with E-state index in [9.17, 15) is 14.4 Å². The Bertz CT molecular complexity index is 1680. The fourth-order valence-corrected chi connectivity index (χ4v) is 4.96. The van der Waals surface area contributed by atoms with E-state index < -0.39 is 6.03 Å². The fraction of sp³-hybridized carbons (Fsp3) is 0.194. The standard InChI is InChI=1S/C31H29N5O5/c1-35-11-13-36(14-12-35)30(38)19-3-5-21(6-4-19)33-31(39)34-22-7-10-27-25(16-22)29(37)28(41-27)15-20-18-32-26-9-8-23(40-2)17-24(20)26/h3-10,15-18,32H,11-14H2,1-2H3,(H2,33,34,39)/b28-15+. The topological polar surface area (TPSA) is 116 Å². The molecule has 0 bridgehead atoms. The minimum absolute atomic E-state index is 0.0167. The summed E-state index contributed by atoms with van der Waals surface area (Å²) in [5.74, 6) is 1.03.